The van der Waals surface area contributed by atoms with Gasteiger partial charge in [0.2, 0.25) is 0 Å². The Morgan fingerprint density at radius 2 is 1.43 bits per heavy atom. The molecule has 0 aliphatic carbocycles. The fourth-order valence-corrected chi connectivity index (χ4v) is 8.00. The highest BCUT2D eigenvalue weighted by atomic mass is 32.2. The maximum Gasteiger partial charge on any atom is 0.453 e. The van der Waals surface area contributed by atoms with E-state index in [2.05, 4.69) is 6.92 Å². The van der Waals surface area contributed by atoms with Crippen LogP contribution in [0.3, 0.4) is 0 Å². The Labute approximate surface area is 240 Å². The molecular formula is C30H39F5O3S2. The summed E-state index contributed by atoms with van der Waals surface area (Å²) in [6, 6.07) is 13.1. The molecule has 1 aliphatic rings. The van der Waals surface area contributed by atoms with E-state index in [1.165, 1.54) is 11.1 Å². The number of aromatic hydroxyl groups is 2. The number of phenols is 2. The molecule has 2 aromatic carbocycles. The zero-order chi connectivity index (χ0) is 29.4. The van der Waals surface area contributed by atoms with Gasteiger partial charge in [0.15, 0.2) is 0 Å². The van der Waals surface area contributed by atoms with Crippen LogP contribution in [0.4, 0.5) is 22.0 Å². The van der Waals surface area contributed by atoms with Gasteiger partial charge in [0.05, 0.1) is 0 Å². The Bertz CT molecular complexity index is 1110. The van der Waals surface area contributed by atoms with E-state index in [0.29, 0.717) is 12.2 Å². The van der Waals surface area contributed by atoms with Gasteiger partial charge < -0.3 is 10.2 Å². The van der Waals surface area contributed by atoms with Gasteiger partial charge in [0.25, 0.3) is 0 Å². The third-order valence-corrected chi connectivity index (χ3v) is 10.7. The predicted molar refractivity (Wildman–Crippen MR) is 152 cm³/mol. The topological polar surface area (TPSA) is 57.5 Å². The van der Waals surface area contributed by atoms with Crippen LogP contribution in [0.25, 0.3) is 0 Å². The predicted octanol–water partition coefficient (Wildman–Crippen LogP) is 9.09. The lowest BCUT2D eigenvalue weighted by molar-refractivity contribution is -0.284. The number of thioether (sulfide) groups is 1. The van der Waals surface area contributed by atoms with E-state index < -0.39 is 35.7 Å². The van der Waals surface area contributed by atoms with E-state index in [1.54, 1.807) is 30.0 Å². The average Bonchev–Trinajstić information content (AvgIpc) is 2.88. The second-order valence-corrected chi connectivity index (χ2v) is 13.7. The second-order valence-electron chi connectivity index (χ2n) is 10.9. The second kappa shape index (κ2) is 14.4. The van der Waals surface area contributed by atoms with E-state index in [4.69, 9.17) is 0 Å². The first kappa shape index (κ1) is 32.7. The van der Waals surface area contributed by atoms with Crippen LogP contribution in [0.5, 0.6) is 11.5 Å². The summed E-state index contributed by atoms with van der Waals surface area (Å²) in [7, 11) is -1.37. The van der Waals surface area contributed by atoms with Crippen LogP contribution < -0.4 is 0 Å². The molecular weight excluding hydrogens is 567 g/mol. The monoisotopic (exact) mass is 606 g/mol. The first-order chi connectivity index (χ1) is 18.8. The fraction of sp³-hybridized carbons (Fsp3) is 0.600. The molecule has 0 saturated heterocycles. The molecule has 1 aliphatic heterocycles. The molecule has 0 radical (unpaired) electrons. The number of rotatable bonds is 15. The lowest BCUT2D eigenvalue weighted by Gasteiger charge is -2.43. The van der Waals surface area contributed by atoms with Gasteiger partial charge in [-0.15, -0.1) is 11.8 Å². The van der Waals surface area contributed by atoms with Gasteiger partial charge in [-0.25, -0.2) is 0 Å². The highest BCUT2D eigenvalue weighted by Gasteiger charge is 2.56. The number of unbranched alkanes of at least 4 members (excludes halogenated alkanes) is 6. The lowest BCUT2D eigenvalue weighted by Crippen LogP contribution is -2.36. The molecule has 10 heteroatoms. The summed E-state index contributed by atoms with van der Waals surface area (Å²) in [5.41, 5.74) is 2.33. The van der Waals surface area contributed by atoms with Gasteiger partial charge >= 0.3 is 12.1 Å². The quantitative estimate of drug-likeness (QED) is 0.157. The highest BCUT2D eigenvalue weighted by molar-refractivity contribution is 7.99. The summed E-state index contributed by atoms with van der Waals surface area (Å²) in [6.45, 7) is 2.28. The normalized spacial score (nSPS) is 20.3. The maximum absolute atomic E-state index is 12.9. The minimum Gasteiger partial charge on any atom is -0.508 e. The van der Waals surface area contributed by atoms with Crippen LogP contribution in [-0.4, -0.2) is 43.8 Å². The molecule has 1 heterocycles. The summed E-state index contributed by atoms with van der Waals surface area (Å²) in [6.07, 6.45) is 0.457. The van der Waals surface area contributed by atoms with Gasteiger partial charge in [-0.2, -0.15) is 22.0 Å². The molecule has 40 heavy (non-hydrogen) atoms. The number of benzene rings is 2. The summed E-state index contributed by atoms with van der Waals surface area (Å²) in [5.74, 6) is -2.84. The lowest BCUT2D eigenvalue weighted by atomic mass is 9.68. The Kier molecular flexibility index (Phi) is 11.8. The first-order valence-electron chi connectivity index (χ1n) is 13.9. The summed E-state index contributed by atoms with van der Waals surface area (Å²) in [4.78, 5) is 1.12. The molecule has 0 saturated carbocycles. The number of hydrogen-bond acceptors (Lipinski definition) is 4. The third kappa shape index (κ3) is 8.84. The van der Waals surface area contributed by atoms with Gasteiger partial charge in [0, 0.05) is 44.8 Å². The van der Waals surface area contributed by atoms with E-state index in [9.17, 15) is 36.4 Å². The van der Waals surface area contributed by atoms with Gasteiger partial charge in [-0.05, 0) is 60.6 Å². The molecule has 0 amide bonds. The van der Waals surface area contributed by atoms with Crippen LogP contribution in [0.15, 0.2) is 47.4 Å². The van der Waals surface area contributed by atoms with Crippen LogP contribution in [0, 0.1) is 0 Å². The number of phenolic OH excluding ortho intramolecular Hbond substituents is 2. The molecule has 224 valence electrons. The molecule has 3 nitrogen and oxygen atoms in total. The van der Waals surface area contributed by atoms with Crippen molar-refractivity contribution in [1.29, 1.82) is 0 Å². The molecule has 2 N–H and O–H groups in total. The van der Waals surface area contributed by atoms with Crippen molar-refractivity contribution in [3.8, 4) is 11.5 Å². The fourth-order valence-electron chi connectivity index (χ4n) is 5.40. The zero-order valence-corrected chi connectivity index (χ0v) is 24.5. The molecule has 3 atom stereocenters. The number of halogens is 5. The molecule has 0 aromatic heterocycles. The molecule has 2 aromatic rings. The highest BCUT2D eigenvalue weighted by Crippen LogP contribution is 2.52. The van der Waals surface area contributed by atoms with Crippen molar-refractivity contribution in [3.05, 3.63) is 53.6 Å². The first-order valence-corrected chi connectivity index (χ1v) is 16.4. The van der Waals surface area contributed by atoms with Crippen molar-refractivity contribution >= 4 is 22.6 Å². The van der Waals surface area contributed by atoms with Gasteiger partial charge in [-0.3, -0.25) is 4.21 Å². The Balaban J connectivity index is 1.38. The van der Waals surface area contributed by atoms with Crippen molar-refractivity contribution in [2.75, 3.05) is 17.3 Å². The average molecular weight is 607 g/mol. The van der Waals surface area contributed by atoms with E-state index >= 15 is 0 Å². The Morgan fingerprint density at radius 3 is 2.08 bits per heavy atom. The molecule has 0 spiro atoms. The van der Waals surface area contributed by atoms with Crippen LogP contribution >= 0.6 is 11.8 Å². The van der Waals surface area contributed by atoms with Crippen molar-refractivity contribution < 1.29 is 36.4 Å². The van der Waals surface area contributed by atoms with Gasteiger partial charge in [-0.1, -0.05) is 63.6 Å². The Hall–Kier alpha value is -1.81. The minimum absolute atomic E-state index is 0.110. The van der Waals surface area contributed by atoms with Crippen molar-refractivity contribution in [2.45, 2.75) is 99.5 Å². The van der Waals surface area contributed by atoms with Crippen molar-refractivity contribution in [1.82, 2.24) is 0 Å². The Morgan fingerprint density at radius 1 is 0.850 bits per heavy atom. The largest absolute Gasteiger partial charge is 0.508 e. The van der Waals surface area contributed by atoms with Crippen molar-refractivity contribution in [2.24, 2.45) is 0 Å². The third-order valence-electron chi connectivity index (χ3n) is 7.84. The number of hydrogen-bond donors (Lipinski definition) is 2. The van der Waals surface area contributed by atoms with Gasteiger partial charge in [0.1, 0.15) is 11.5 Å². The minimum atomic E-state index is -5.55. The van der Waals surface area contributed by atoms with Crippen molar-refractivity contribution in [3.63, 3.8) is 0 Å². The maximum atomic E-state index is 12.9. The van der Waals surface area contributed by atoms with E-state index in [1.807, 2.05) is 24.3 Å². The standard InChI is InChI=1S/C30H39F5O3S2/c1-28(22-11-13-23(36)14-12-22)21-39-27-20-24(37)15-16-25(27)26(28)10-7-5-3-2-4-6-8-18-40(38)19-9-17-29(31,32)30(33,34)35/h11-16,20,26,36-37H,2-10,17-19,21H2,1H3. The summed E-state index contributed by atoms with van der Waals surface area (Å²) >= 11 is 1.75. The molecule has 0 bridgehead atoms. The number of alkyl halides is 5. The van der Waals surface area contributed by atoms with E-state index in [0.717, 1.165) is 55.6 Å². The van der Waals surface area contributed by atoms with Crippen LogP contribution in [0.2, 0.25) is 0 Å². The summed E-state index contributed by atoms with van der Waals surface area (Å²) in [5, 5.41) is 19.8. The van der Waals surface area contributed by atoms with Crippen LogP contribution in [0.1, 0.15) is 88.2 Å². The smallest absolute Gasteiger partial charge is 0.453 e. The number of fused-ring (bicyclic) bond motifs is 1. The SMILES string of the molecule is CC1(c2ccc(O)cc2)CSc2cc(O)ccc2C1CCCCCCCCCS(=O)CCCC(F)(F)C(F)(F)F. The van der Waals surface area contributed by atoms with E-state index in [-0.39, 0.29) is 28.6 Å². The molecule has 3 rings (SSSR count). The molecule has 0 fully saturated rings. The molecule has 3 unspecified atom stereocenters. The zero-order valence-electron chi connectivity index (χ0n) is 22.8. The summed E-state index contributed by atoms with van der Waals surface area (Å²) < 4.78 is 74.4. The van der Waals surface area contributed by atoms with Crippen LogP contribution in [-0.2, 0) is 16.2 Å².